The standard InChI is InChI=1S/C34H23N5O/c1-37-23-38(32-15-6-5-14-31(32)37)25-10-8-11-26(19-25)40-27-17-18-29-28-12-3-4-13-30(28)39(33(29)20-27)34-16-7-2-9-24(21-35)22-36-34/h2-20,22H,1H3/b7-2?,9-2-,16-7-,24-9?,24-22+,34-16?,36-22?,36-34+. The van der Waals surface area contributed by atoms with Gasteiger partial charge in [-0.05, 0) is 42.5 Å². The van der Waals surface area contributed by atoms with Gasteiger partial charge in [-0.1, -0.05) is 66.7 Å². The molecule has 0 N–H and O–H groups in total. The van der Waals surface area contributed by atoms with Crippen LogP contribution in [0.1, 0.15) is 0 Å². The number of ether oxygens (including phenoxy) is 1. The number of rotatable bonds is 3. The fourth-order valence-corrected chi connectivity index (χ4v) is 5.20. The monoisotopic (exact) mass is 517 g/mol. The maximum absolute atomic E-state index is 9.40. The van der Waals surface area contributed by atoms with Crippen molar-refractivity contribution in [2.75, 3.05) is 0 Å². The van der Waals surface area contributed by atoms with Crippen LogP contribution in [0.4, 0.5) is 0 Å². The molecule has 0 fully saturated rings. The lowest BCUT2D eigenvalue weighted by molar-refractivity contribution is -0.572. The van der Waals surface area contributed by atoms with Crippen LogP contribution in [0.2, 0.25) is 0 Å². The molecule has 0 saturated heterocycles. The summed E-state index contributed by atoms with van der Waals surface area (Å²) in [5, 5.41) is 11.6. The molecular weight excluding hydrogens is 494 g/mol. The highest BCUT2D eigenvalue weighted by Crippen LogP contribution is 2.33. The van der Waals surface area contributed by atoms with Gasteiger partial charge in [0.15, 0.2) is 0 Å². The van der Waals surface area contributed by atoms with Crippen LogP contribution in [-0.4, -0.2) is 15.0 Å². The Morgan fingerprint density at radius 2 is 1.57 bits per heavy atom. The van der Waals surface area contributed by atoms with Crippen LogP contribution in [0, 0.1) is 17.7 Å². The van der Waals surface area contributed by atoms with E-state index in [2.05, 4.69) is 52.3 Å². The molecule has 6 aromatic rings. The smallest absolute Gasteiger partial charge is 0.244 e. The van der Waals surface area contributed by atoms with Gasteiger partial charge in [0.25, 0.3) is 0 Å². The summed E-state index contributed by atoms with van der Waals surface area (Å²) in [6.07, 6.45) is 12.4. The zero-order chi connectivity index (χ0) is 27.1. The number of aliphatic imine (C=N–C) groups is 1. The molecule has 6 nitrogen and oxygen atoms in total. The molecule has 190 valence electrons. The maximum Gasteiger partial charge on any atom is 0.244 e. The van der Waals surface area contributed by atoms with Crippen molar-refractivity contribution in [2.24, 2.45) is 12.0 Å². The van der Waals surface area contributed by atoms with E-state index in [9.17, 15) is 5.26 Å². The number of nitriles is 1. The normalized spacial score (nSPS) is 17.4. The van der Waals surface area contributed by atoms with Crippen molar-refractivity contribution in [3.8, 4) is 23.3 Å². The molecule has 7 rings (SSSR count). The third-order valence-electron chi connectivity index (χ3n) is 7.02. The Morgan fingerprint density at radius 1 is 0.800 bits per heavy atom. The van der Waals surface area contributed by atoms with Crippen LogP contribution in [0.15, 0.2) is 132 Å². The summed E-state index contributed by atoms with van der Waals surface area (Å²) in [6.45, 7) is 0. The molecule has 4 aromatic carbocycles. The van der Waals surface area contributed by atoms with Crippen molar-refractivity contribution in [3.63, 3.8) is 0 Å². The fraction of sp³-hybridized carbons (Fsp3) is 0.0294. The number of aryl methyl sites for hydroxylation is 1. The van der Waals surface area contributed by atoms with Crippen LogP contribution < -0.4 is 9.30 Å². The largest absolute Gasteiger partial charge is 0.458 e. The lowest BCUT2D eigenvalue weighted by Gasteiger charge is -2.11. The summed E-state index contributed by atoms with van der Waals surface area (Å²) >= 11 is 0. The Hall–Kier alpha value is -5.67. The molecular formula is C34H23N5O. The van der Waals surface area contributed by atoms with Crippen molar-refractivity contribution >= 4 is 38.7 Å². The quantitative estimate of drug-likeness (QED) is 0.189. The van der Waals surface area contributed by atoms with Gasteiger partial charge >= 0.3 is 0 Å². The molecule has 1 aliphatic heterocycles. The lowest BCUT2D eigenvalue weighted by atomic mass is 10.1. The van der Waals surface area contributed by atoms with Crippen LogP contribution in [0.3, 0.4) is 0 Å². The predicted octanol–water partition coefficient (Wildman–Crippen LogP) is 6.94. The number of para-hydroxylation sites is 3. The molecule has 0 spiro atoms. The number of aromatic nitrogens is 3. The second-order valence-electron chi connectivity index (χ2n) is 9.52. The van der Waals surface area contributed by atoms with E-state index in [1.165, 1.54) is 0 Å². The molecule has 0 aliphatic carbocycles. The summed E-state index contributed by atoms with van der Waals surface area (Å²) in [6, 6.07) is 32.8. The van der Waals surface area contributed by atoms with E-state index in [4.69, 9.17) is 4.74 Å². The van der Waals surface area contributed by atoms with Crippen molar-refractivity contribution in [1.82, 2.24) is 9.13 Å². The molecule has 0 bridgehead atoms. The van der Waals surface area contributed by atoms with E-state index >= 15 is 0 Å². The average molecular weight is 518 g/mol. The minimum atomic E-state index is 0.493. The Labute approximate surface area is 230 Å². The average Bonchev–Trinajstić information content (AvgIpc) is 3.48. The molecule has 2 aromatic heterocycles. The van der Waals surface area contributed by atoms with Gasteiger partial charge in [0.05, 0.1) is 40.4 Å². The first-order chi connectivity index (χ1) is 19.7. The van der Waals surface area contributed by atoms with Gasteiger partial charge in [0, 0.05) is 23.0 Å². The third kappa shape index (κ3) is 3.98. The van der Waals surface area contributed by atoms with Gasteiger partial charge in [-0.2, -0.15) is 5.26 Å². The van der Waals surface area contributed by atoms with E-state index in [1.807, 2.05) is 95.1 Å². The van der Waals surface area contributed by atoms with Crippen LogP contribution in [-0.2, 0) is 7.05 Å². The van der Waals surface area contributed by atoms with Crippen molar-refractivity contribution in [1.29, 1.82) is 5.26 Å². The number of nitrogens with zero attached hydrogens (tertiary/aromatic N) is 5. The summed E-state index contributed by atoms with van der Waals surface area (Å²) in [5.74, 6) is 2.15. The highest BCUT2D eigenvalue weighted by molar-refractivity contribution is 6.16. The van der Waals surface area contributed by atoms with Crippen molar-refractivity contribution in [3.05, 3.63) is 133 Å². The van der Waals surface area contributed by atoms with Crippen molar-refractivity contribution in [2.45, 2.75) is 0 Å². The minimum Gasteiger partial charge on any atom is -0.458 e. The van der Waals surface area contributed by atoms with Crippen LogP contribution in [0.25, 0.3) is 38.5 Å². The second kappa shape index (κ2) is 9.57. The zero-order valence-corrected chi connectivity index (χ0v) is 21.7. The van der Waals surface area contributed by atoms with Gasteiger partial charge < -0.3 is 13.9 Å². The van der Waals surface area contributed by atoms with Crippen LogP contribution in [0.5, 0.6) is 11.5 Å². The second-order valence-corrected chi connectivity index (χ2v) is 9.52. The molecule has 6 heteroatoms. The number of hydrogen-bond donors (Lipinski definition) is 0. The minimum absolute atomic E-state index is 0.493. The van der Waals surface area contributed by atoms with E-state index in [1.54, 1.807) is 12.3 Å². The third-order valence-corrected chi connectivity index (χ3v) is 7.02. The van der Waals surface area contributed by atoms with Gasteiger partial charge in [0.2, 0.25) is 6.33 Å². The number of hydrogen-bond acceptors (Lipinski definition) is 3. The molecule has 0 unspecified atom stereocenters. The fourth-order valence-electron chi connectivity index (χ4n) is 5.20. The molecule has 0 amide bonds. The molecule has 0 atom stereocenters. The van der Waals surface area contributed by atoms with Gasteiger partial charge in [-0.3, -0.25) is 4.57 Å². The summed E-state index contributed by atoms with van der Waals surface area (Å²) in [4.78, 5) is 4.67. The Bertz CT molecular complexity index is 2110. The van der Waals surface area contributed by atoms with Gasteiger partial charge in [-0.15, -0.1) is 0 Å². The maximum atomic E-state index is 9.40. The van der Waals surface area contributed by atoms with Gasteiger partial charge in [-0.25, -0.2) is 4.99 Å². The highest BCUT2D eigenvalue weighted by atomic mass is 16.5. The van der Waals surface area contributed by atoms with Crippen molar-refractivity contribution < 1.29 is 9.30 Å². The Kier molecular flexibility index (Phi) is 5.61. The highest BCUT2D eigenvalue weighted by Gasteiger charge is 2.15. The van der Waals surface area contributed by atoms with E-state index < -0.39 is 0 Å². The topological polar surface area (TPSA) is 59.1 Å². The van der Waals surface area contributed by atoms with E-state index in [-0.39, 0.29) is 0 Å². The van der Waals surface area contributed by atoms with E-state index in [0.717, 1.165) is 44.3 Å². The lowest BCUT2D eigenvalue weighted by Crippen LogP contribution is -2.29. The molecule has 0 saturated carbocycles. The first-order valence-corrected chi connectivity index (χ1v) is 12.9. The van der Waals surface area contributed by atoms with E-state index in [0.29, 0.717) is 17.2 Å². The van der Waals surface area contributed by atoms with Crippen LogP contribution >= 0.6 is 0 Å². The molecule has 40 heavy (non-hydrogen) atoms. The summed E-state index contributed by atoms with van der Waals surface area (Å²) < 4.78 is 12.6. The summed E-state index contributed by atoms with van der Waals surface area (Å²) in [7, 11) is 2.00. The first kappa shape index (κ1) is 23.4. The number of fused-ring (bicyclic) bond motifs is 4. The molecule has 3 heterocycles. The Balaban J connectivity index is 1.32. The number of benzene rings is 4. The Morgan fingerprint density at radius 3 is 2.48 bits per heavy atom. The van der Waals surface area contributed by atoms with Gasteiger partial charge in [0.1, 0.15) is 23.4 Å². The zero-order valence-electron chi connectivity index (χ0n) is 21.7. The first-order valence-electron chi connectivity index (χ1n) is 12.9. The predicted molar refractivity (Wildman–Crippen MR) is 158 cm³/mol. The summed E-state index contributed by atoms with van der Waals surface area (Å²) in [5.41, 5.74) is 5.63. The number of allylic oxidation sites excluding steroid dienone is 5. The molecule has 1 aliphatic rings. The number of imidazole rings is 1. The SMILES string of the molecule is Cn1[c-][n+](-c2cccc(Oc3ccc4c5ccccc5n(C5=N/C=C(C#N)\C=C/C=C\5)c4c3)c2)c2ccccc21. The molecule has 0 radical (unpaired) electrons.